The monoisotopic (exact) mass is 232 g/mol. The topological polar surface area (TPSA) is 65.2 Å². The molecule has 0 fully saturated rings. The summed E-state index contributed by atoms with van der Waals surface area (Å²) in [6, 6.07) is 1.74. The number of halogens is 1. The first-order valence-electron chi connectivity index (χ1n) is 3.03. The molecule has 2 N–H and O–H groups in total. The summed E-state index contributed by atoms with van der Waals surface area (Å²) in [4.78, 5) is 12.8. The van der Waals surface area contributed by atoms with Crippen molar-refractivity contribution in [2.75, 3.05) is 12.8 Å². The zero-order valence-electron chi connectivity index (χ0n) is 6.53. The molecular weight excluding hydrogens is 224 g/mol. The Morgan fingerprint density at radius 3 is 2.58 bits per heavy atom. The Morgan fingerprint density at radius 1 is 1.75 bits per heavy atom. The molecule has 66 valence electrons. The van der Waals surface area contributed by atoms with Crippen LogP contribution in [0.1, 0.15) is 0 Å². The lowest BCUT2D eigenvalue weighted by atomic mass is 10.4. The largest absolute Gasteiger partial charge is 0.471 e. The number of pyridine rings is 1. The second-order valence-electron chi connectivity index (χ2n) is 1.73. The highest BCUT2D eigenvalue weighted by Crippen LogP contribution is 2.14. The molecule has 0 unspecified atom stereocenters. The Hall–Kier alpha value is -1.10. The summed E-state index contributed by atoms with van der Waals surface area (Å²) in [6.45, 7) is 0.375. The molecule has 1 heterocycles. The van der Waals surface area contributed by atoms with E-state index in [0.717, 1.165) is 10.2 Å². The summed E-state index contributed by atoms with van der Waals surface area (Å²) in [5.41, 5.74) is 6.16. The molecule has 0 radical (unpaired) electrons. The average Bonchev–Trinajstić information content (AvgIpc) is 2.11. The summed E-state index contributed by atoms with van der Waals surface area (Å²) in [7, 11) is 1.31. The SMILES string of the molecule is COC=O.Nc1ccncc1Br. The lowest BCUT2D eigenvalue weighted by molar-refractivity contribution is -0.126. The molecule has 0 saturated heterocycles. The van der Waals surface area contributed by atoms with Gasteiger partial charge in [-0.3, -0.25) is 9.78 Å². The van der Waals surface area contributed by atoms with Gasteiger partial charge in [-0.05, 0) is 22.0 Å². The van der Waals surface area contributed by atoms with Crippen molar-refractivity contribution < 1.29 is 9.53 Å². The number of nitrogen functional groups attached to an aromatic ring is 1. The van der Waals surface area contributed by atoms with Crippen LogP contribution in [0.3, 0.4) is 0 Å². The van der Waals surface area contributed by atoms with Crippen LogP contribution >= 0.6 is 15.9 Å². The highest BCUT2D eigenvalue weighted by Gasteiger charge is 1.87. The molecular formula is C7H9BrN2O2. The van der Waals surface area contributed by atoms with Crippen LogP contribution in [0, 0.1) is 0 Å². The van der Waals surface area contributed by atoms with Gasteiger partial charge in [-0.1, -0.05) is 0 Å². The predicted molar refractivity (Wildman–Crippen MR) is 49.4 cm³/mol. The van der Waals surface area contributed by atoms with Crippen LogP contribution in [-0.2, 0) is 9.53 Å². The van der Waals surface area contributed by atoms with Crippen LogP contribution in [0.2, 0.25) is 0 Å². The third-order valence-electron chi connectivity index (χ3n) is 0.900. The maximum absolute atomic E-state index is 8.95. The fraction of sp³-hybridized carbons (Fsp3) is 0.143. The third-order valence-corrected chi connectivity index (χ3v) is 1.56. The fourth-order valence-electron chi connectivity index (χ4n) is 0.386. The van der Waals surface area contributed by atoms with Crippen molar-refractivity contribution in [1.82, 2.24) is 4.98 Å². The van der Waals surface area contributed by atoms with Crippen molar-refractivity contribution in [3.05, 3.63) is 22.9 Å². The van der Waals surface area contributed by atoms with Crippen LogP contribution in [0.15, 0.2) is 22.9 Å². The quantitative estimate of drug-likeness (QED) is 0.740. The van der Waals surface area contributed by atoms with Crippen molar-refractivity contribution in [2.24, 2.45) is 0 Å². The normalized spacial score (nSPS) is 7.83. The zero-order chi connectivity index (χ0) is 9.40. The molecule has 0 spiro atoms. The van der Waals surface area contributed by atoms with Crippen LogP contribution in [0.4, 0.5) is 5.69 Å². The van der Waals surface area contributed by atoms with E-state index < -0.39 is 0 Å². The number of hydrogen-bond acceptors (Lipinski definition) is 4. The fourth-order valence-corrected chi connectivity index (χ4v) is 0.636. The summed E-state index contributed by atoms with van der Waals surface area (Å²) in [5.74, 6) is 0. The molecule has 0 amide bonds. The van der Waals surface area contributed by atoms with E-state index in [0.29, 0.717) is 6.47 Å². The van der Waals surface area contributed by atoms with Gasteiger partial charge in [-0.2, -0.15) is 0 Å². The first-order valence-corrected chi connectivity index (χ1v) is 3.83. The molecule has 0 aromatic carbocycles. The smallest absolute Gasteiger partial charge is 0.292 e. The van der Waals surface area contributed by atoms with Crippen LogP contribution < -0.4 is 5.73 Å². The Balaban J connectivity index is 0.000000261. The van der Waals surface area contributed by atoms with Gasteiger partial charge in [0.15, 0.2) is 0 Å². The zero-order valence-corrected chi connectivity index (χ0v) is 8.11. The number of methoxy groups -OCH3 is 1. The highest BCUT2D eigenvalue weighted by atomic mass is 79.9. The van der Waals surface area contributed by atoms with E-state index in [1.807, 2.05) is 0 Å². The molecule has 0 bridgehead atoms. The first-order chi connectivity index (χ1) is 5.72. The predicted octanol–water partition coefficient (Wildman–Crippen LogP) is 1.22. The standard InChI is InChI=1S/C5H5BrN2.C2H4O2/c6-4-3-8-2-1-5(4)7;1-4-2-3/h1-3H,(H2,7,8);2H,1H3. The Morgan fingerprint density at radius 2 is 2.33 bits per heavy atom. The first kappa shape index (κ1) is 10.9. The molecule has 1 aromatic rings. The molecule has 5 heteroatoms. The molecule has 1 aromatic heterocycles. The number of ether oxygens (including phenoxy) is 1. The number of nitrogens with zero attached hydrogens (tertiary/aromatic N) is 1. The number of carbonyl (C=O) groups excluding carboxylic acids is 1. The molecule has 0 aliphatic carbocycles. The summed E-state index contributed by atoms with van der Waals surface area (Å²) >= 11 is 3.21. The van der Waals surface area contributed by atoms with Gasteiger partial charge < -0.3 is 10.5 Å². The lowest BCUT2D eigenvalue weighted by Crippen LogP contribution is -1.84. The van der Waals surface area contributed by atoms with E-state index in [2.05, 4.69) is 25.7 Å². The Bertz CT molecular complexity index is 222. The molecule has 0 saturated carbocycles. The van der Waals surface area contributed by atoms with E-state index in [4.69, 9.17) is 10.5 Å². The maximum Gasteiger partial charge on any atom is 0.292 e. The number of hydrogen-bond donors (Lipinski definition) is 1. The second kappa shape index (κ2) is 6.60. The Kier molecular flexibility index (Phi) is 6.00. The molecule has 1 rings (SSSR count). The molecule has 0 atom stereocenters. The van der Waals surface area contributed by atoms with Crippen LogP contribution in [0.25, 0.3) is 0 Å². The molecule has 12 heavy (non-hydrogen) atoms. The molecule has 0 aliphatic heterocycles. The van der Waals surface area contributed by atoms with Gasteiger partial charge in [0.1, 0.15) is 0 Å². The maximum atomic E-state index is 8.95. The van der Waals surface area contributed by atoms with Gasteiger partial charge in [0.2, 0.25) is 0 Å². The van der Waals surface area contributed by atoms with Crippen molar-refractivity contribution in [3.63, 3.8) is 0 Å². The minimum Gasteiger partial charge on any atom is -0.471 e. The van der Waals surface area contributed by atoms with Crippen molar-refractivity contribution in [1.29, 1.82) is 0 Å². The van der Waals surface area contributed by atoms with E-state index >= 15 is 0 Å². The summed E-state index contributed by atoms with van der Waals surface area (Å²) in [5, 5.41) is 0. The summed E-state index contributed by atoms with van der Waals surface area (Å²) < 4.78 is 4.71. The minimum atomic E-state index is 0.375. The number of anilines is 1. The average molecular weight is 233 g/mol. The van der Waals surface area contributed by atoms with Crippen LogP contribution in [-0.4, -0.2) is 18.6 Å². The highest BCUT2D eigenvalue weighted by molar-refractivity contribution is 9.10. The van der Waals surface area contributed by atoms with Crippen molar-refractivity contribution >= 4 is 28.1 Å². The third kappa shape index (κ3) is 4.68. The summed E-state index contributed by atoms with van der Waals surface area (Å²) in [6.07, 6.45) is 3.31. The minimum absolute atomic E-state index is 0.375. The van der Waals surface area contributed by atoms with Gasteiger partial charge in [0, 0.05) is 18.1 Å². The van der Waals surface area contributed by atoms with E-state index in [1.165, 1.54) is 7.11 Å². The Labute approximate surface area is 78.9 Å². The number of aromatic nitrogens is 1. The van der Waals surface area contributed by atoms with Crippen molar-refractivity contribution in [3.8, 4) is 0 Å². The number of carbonyl (C=O) groups is 1. The van der Waals surface area contributed by atoms with Gasteiger partial charge in [0.05, 0.1) is 11.6 Å². The van der Waals surface area contributed by atoms with Crippen molar-refractivity contribution in [2.45, 2.75) is 0 Å². The van der Waals surface area contributed by atoms with Gasteiger partial charge in [-0.25, -0.2) is 0 Å². The van der Waals surface area contributed by atoms with Crippen LogP contribution in [0.5, 0.6) is 0 Å². The molecule has 4 nitrogen and oxygen atoms in total. The van der Waals surface area contributed by atoms with Gasteiger partial charge in [0.25, 0.3) is 6.47 Å². The van der Waals surface area contributed by atoms with Gasteiger partial charge >= 0.3 is 0 Å². The van der Waals surface area contributed by atoms with E-state index in [-0.39, 0.29) is 0 Å². The molecule has 0 aliphatic rings. The van der Waals surface area contributed by atoms with E-state index in [9.17, 15) is 0 Å². The second-order valence-corrected chi connectivity index (χ2v) is 2.58. The lowest BCUT2D eigenvalue weighted by Gasteiger charge is -1.91. The van der Waals surface area contributed by atoms with Gasteiger partial charge in [-0.15, -0.1) is 0 Å². The van der Waals surface area contributed by atoms with E-state index in [1.54, 1.807) is 18.5 Å². The number of rotatable bonds is 1. The number of nitrogens with two attached hydrogens (primary N) is 1.